The molecule has 0 aliphatic heterocycles. The van der Waals surface area contributed by atoms with Gasteiger partial charge in [0.2, 0.25) is 0 Å². The van der Waals surface area contributed by atoms with E-state index >= 15 is 0 Å². The molecule has 0 saturated heterocycles. The summed E-state index contributed by atoms with van der Waals surface area (Å²) in [6.45, 7) is 1.61. The van der Waals surface area contributed by atoms with Crippen LogP contribution in [-0.2, 0) is 22.9 Å². The molecule has 192 valence electrons. The Bertz CT molecular complexity index is 1410. The standard InChI is InChI=1S/C26H20ClF4N3O2S/c1-15-22(23(35)36-2)37-24(33-15)34-25(13-16-6-4-3-5-7-16,21-9-8-19(27)14-32-21)17-10-18(26(29,30)31)12-20(28)11-17/h3-12,14H,13H2,1-2H3,(H,33,34). The van der Waals surface area contributed by atoms with E-state index in [0.717, 1.165) is 29.0 Å². The fourth-order valence-corrected chi connectivity index (χ4v) is 5.04. The lowest BCUT2D eigenvalue weighted by Gasteiger charge is -2.36. The average Bonchev–Trinajstić information content (AvgIpc) is 3.23. The second-order valence-corrected chi connectivity index (χ2v) is 9.64. The van der Waals surface area contributed by atoms with Crippen LogP contribution in [0.5, 0.6) is 0 Å². The molecule has 2 aromatic carbocycles. The number of rotatable bonds is 7. The van der Waals surface area contributed by atoms with Crippen LogP contribution in [0.25, 0.3) is 0 Å². The number of hydrogen-bond acceptors (Lipinski definition) is 6. The molecule has 37 heavy (non-hydrogen) atoms. The number of benzene rings is 2. The third kappa shape index (κ3) is 5.75. The number of carbonyl (C=O) groups is 1. The molecule has 0 fully saturated rings. The molecule has 1 N–H and O–H groups in total. The minimum atomic E-state index is -4.79. The molecular formula is C26H20ClF4N3O2S. The lowest BCUT2D eigenvalue weighted by Crippen LogP contribution is -2.40. The lowest BCUT2D eigenvalue weighted by molar-refractivity contribution is -0.137. The van der Waals surface area contributed by atoms with E-state index in [2.05, 4.69) is 15.3 Å². The van der Waals surface area contributed by atoms with E-state index in [1.807, 2.05) is 0 Å². The maximum Gasteiger partial charge on any atom is 0.416 e. The first kappa shape index (κ1) is 26.6. The van der Waals surface area contributed by atoms with Crippen LogP contribution in [-0.4, -0.2) is 23.0 Å². The number of pyridine rings is 1. The number of nitrogens with one attached hydrogen (secondary N) is 1. The summed E-state index contributed by atoms with van der Waals surface area (Å²) in [5.74, 6) is -1.67. The molecule has 2 aromatic heterocycles. The Hall–Kier alpha value is -3.50. The number of anilines is 1. The molecule has 0 aliphatic carbocycles. The van der Waals surface area contributed by atoms with Crippen LogP contribution in [0.3, 0.4) is 0 Å². The topological polar surface area (TPSA) is 64.1 Å². The highest BCUT2D eigenvalue weighted by molar-refractivity contribution is 7.17. The van der Waals surface area contributed by atoms with Crippen LogP contribution in [0.4, 0.5) is 22.7 Å². The number of hydrogen-bond donors (Lipinski definition) is 1. The molecule has 0 amide bonds. The van der Waals surface area contributed by atoms with Crippen LogP contribution in [0.15, 0.2) is 66.9 Å². The summed E-state index contributed by atoms with van der Waals surface area (Å²) in [6, 6.07) is 14.4. The van der Waals surface area contributed by atoms with Crippen molar-refractivity contribution in [1.29, 1.82) is 0 Å². The number of alkyl halides is 3. The first-order valence-corrected chi connectivity index (χ1v) is 12.1. The van der Waals surface area contributed by atoms with E-state index in [0.29, 0.717) is 16.8 Å². The number of carbonyl (C=O) groups excluding carboxylic acids is 1. The van der Waals surface area contributed by atoms with Gasteiger partial charge in [-0.05, 0) is 48.4 Å². The predicted molar refractivity (Wildman–Crippen MR) is 133 cm³/mol. The van der Waals surface area contributed by atoms with Crippen molar-refractivity contribution in [2.24, 2.45) is 0 Å². The second-order valence-electron chi connectivity index (χ2n) is 8.21. The van der Waals surface area contributed by atoms with Gasteiger partial charge in [0.1, 0.15) is 16.2 Å². The zero-order valence-corrected chi connectivity index (χ0v) is 21.1. The summed E-state index contributed by atoms with van der Waals surface area (Å²) in [5, 5.41) is 3.72. The third-order valence-corrected chi connectivity index (χ3v) is 6.96. The van der Waals surface area contributed by atoms with Crippen molar-refractivity contribution < 1.29 is 27.1 Å². The van der Waals surface area contributed by atoms with Gasteiger partial charge >= 0.3 is 12.1 Å². The van der Waals surface area contributed by atoms with Crippen molar-refractivity contribution in [3.05, 3.63) is 111 Å². The van der Waals surface area contributed by atoms with Crippen LogP contribution in [0.1, 0.15) is 37.7 Å². The van der Waals surface area contributed by atoms with E-state index in [4.69, 9.17) is 16.3 Å². The van der Waals surface area contributed by atoms with E-state index < -0.39 is 29.1 Å². The highest BCUT2D eigenvalue weighted by atomic mass is 35.5. The van der Waals surface area contributed by atoms with Crippen LogP contribution in [0, 0.1) is 12.7 Å². The molecule has 0 radical (unpaired) electrons. The fraction of sp³-hybridized carbons (Fsp3) is 0.192. The van der Waals surface area contributed by atoms with Crippen molar-refractivity contribution in [3.8, 4) is 0 Å². The van der Waals surface area contributed by atoms with Gasteiger partial charge in [-0.15, -0.1) is 0 Å². The van der Waals surface area contributed by atoms with E-state index in [-0.39, 0.29) is 27.7 Å². The zero-order valence-electron chi connectivity index (χ0n) is 19.6. The van der Waals surface area contributed by atoms with Crippen molar-refractivity contribution in [1.82, 2.24) is 9.97 Å². The second kappa shape index (κ2) is 10.5. The summed E-state index contributed by atoms with van der Waals surface area (Å²) < 4.78 is 60.8. The van der Waals surface area contributed by atoms with E-state index in [1.165, 1.54) is 13.3 Å². The van der Waals surface area contributed by atoms with Gasteiger partial charge in [0.25, 0.3) is 0 Å². The number of aromatic nitrogens is 2. The molecule has 0 bridgehead atoms. The normalized spacial score (nSPS) is 13.2. The number of halogens is 5. The van der Waals surface area contributed by atoms with Gasteiger partial charge in [0, 0.05) is 12.6 Å². The molecule has 11 heteroatoms. The number of methoxy groups -OCH3 is 1. The zero-order chi connectivity index (χ0) is 26.8. The smallest absolute Gasteiger partial charge is 0.416 e. The number of thiazole rings is 1. The molecular weight excluding hydrogens is 530 g/mol. The highest BCUT2D eigenvalue weighted by Gasteiger charge is 2.40. The van der Waals surface area contributed by atoms with Crippen molar-refractivity contribution in [3.63, 3.8) is 0 Å². The number of aryl methyl sites for hydroxylation is 1. The number of esters is 1. The Labute approximate surface area is 219 Å². The summed E-state index contributed by atoms with van der Waals surface area (Å²) >= 11 is 7.03. The van der Waals surface area contributed by atoms with E-state index in [1.54, 1.807) is 49.4 Å². The molecule has 1 unspecified atom stereocenters. The Morgan fingerprint density at radius 2 is 1.78 bits per heavy atom. The van der Waals surface area contributed by atoms with Gasteiger partial charge in [-0.25, -0.2) is 14.2 Å². The summed E-state index contributed by atoms with van der Waals surface area (Å²) in [5.41, 5.74) is -1.36. The summed E-state index contributed by atoms with van der Waals surface area (Å²) in [4.78, 5) is 21.2. The molecule has 4 aromatic rings. The van der Waals surface area contributed by atoms with Crippen LogP contribution in [0.2, 0.25) is 5.02 Å². The molecule has 5 nitrogen and oxygen atoms in total. The van der Waals surface area contributed by atoms with Crippen molar-refractivity contribution >= 4 is 34.0 Å². The lowest BCUT2D eigenvalue weighted by atomic mass is 9.80. The van der Waals surface area contributed by atoms with Crippen LogP contribution < -0.4 is 5.32 Å². The van der Waals surface area contributed by atoms with Crippen LogP contribution >= 0.6 is 22.9 Å². The Morgan fingerprint density at radius 1 is 1.08 bits per heavy atom. The van der Waals surface area contributed by atoms with Gasteiger partial charge in [-0.2, -0.15) is 13.2 Å². The van der Waals surface area contributed by atoms with Gasteiger partial charge < -0.3 is 10.1 Å². The molecule has 0 saturated carbocycles. The average molecular weight is 550 g/mol. The maximum atomic E-state index is 14.7. The molecule has 1 atom stereocenters. The monoisotopic (exact) mass is 549 g/mol. The molecule has 0 spiro atoms. The molecule has 0 aliphatic rings. The van der Waals surface area contributed by atoms with Gasteiger partial charge in [-0.1, -0.05) is 53.3 Å². The van der Waals surface area contributed by atoms with Gasteiger partial charge in [0.05, 0.1) is 29.1 Å². The Balaban J connectivity index is 2.00. The first-order chi connectivity index (χ1) is 17.5. The largest absolute Gasteiger partial charge is 0.465 e. The molecule has 4 rings (SSSR count). The quantitative estimate of drug-likeness (QED) is 0.198. The van der Waals surface area contributed by atoms with Crippen molar-refractivity contribution in [2.75, 3.05) is 12.4 Å². The summed E-state index contributed by atoms with van der Waals surface area (Å²) in [7, 11) is 1.23. The fourth-order valence-electron chi connectivity index (χ4n) is 3.97. The number of nitrogens with zero attached hydrogens (tertiary/aromatic N) is 2. The Kier molecular flexibility index (Phi) is 7.52. The minimum absolute atomic E-state index is 0.0361. The van der Waals surface area contributed by atoms with Gasteiger partial charge in [0.15, 0.2) is 5.13 Å². The van der Waals surface area contributed by atoms with Crippen molar-refractivity contribution in [2.45, 2.75) is 25.1 Å². The number of ether oxygens (including phenoxy) is 1. The summed E-state index contributed by atoms with van der Waals surface area (Å²) in [6.07, 6.45) is -3.37. The minimum Gasteiger partial charge on any atom is -0.465 e. The van der Waals surface area contributed by atoms with E-state index in [9.17, 15) is 22.4 Å². The van der Waals surface area contributed by atoms with Gasteiger partial charge in [-0.3, -0.25) is 4.98 Å². The first-order valence-electron chi connectivity index (χ1n) is 10.9. The SMILES string of the molecule is COC(=O)c1sc(NC(Cc2ccccc2)(c2cc(F)cc(C(F)(F)F)c2)c2ccc(Cl)cn2)nc1C. The maximum absolute atomic E-state index is 14.7. The predicted octanol–water partition coefficient (Wildman–Crippen LogP) is 7.04. The third-order valence-electron chi connectivity index (χ3n) is 5.68. The molecule has 2 heterocycles. The Morgan fingerprint density at radius 3 is 2.41 bits per heavy atom. The highest BCUT2D eigenvalue weighted by Crippen LogP contribution is 2.41.